The molecule has 1 aromatic rings. The number of aryl methyl sites for hydroxylation is 1. The summed E-state index contributed by atoms with van der Waals surface area (Å²) in [4.78, 5) is 10.8. The van der Waals surface area contributed by atoms with Crippen molar-refractivity contribution < 1.29 is 9.53 Å². The summed E-state index contributed by atoms with van der Waals surface area (Å²) < 4.78 is 4.49. The van der Waals surface area contributed by atoms with Gasteiger partial charge in [-0.25, -0.2) is 4.79 Å². The lowest BCUT2D eigenvalue weighted by atomic mass is 10.1. The van der Waals surface area contributed by atoms with Gasteiger partial charge in [0.05, 0.1) is 7.11 Å². The van der Waals surface area contributed by atoms with Gasteiger partial charge in [-0.05, 0) is 23.6 Å². The second-order valence-corrected chi connectivity index (χ2v) is 2.95. The van der Waals surface area contributed by atoms with Gasteiger partial charge in [-0.3, -0.25) is 0 Å². The normalized spacial score (nSPS) is 10.4. The largest absolute Gasteiger partial charge is 0.466 e. The van der Waals surface area contributed by atoms with Crippen LogP contribution in [0.2, 0.25) is 0 Å². The van der Waals surface area contributed by atoms with E-state index in [0.717, 1.165) is 12.0 Å². The molecule has 0 aromatic heterocycles. The zero-order chi connectivity index (χ0) is 10.4. The number of rotatable bonds is 3. The monoisotopic (exact) mass is 190 g/mol. The molecule has 1 aromatic carbocycles. The summed E-state index contributed by atoms with van der Waals surface area (Å²) in [6.45, 7) is 2.11. The van der Waals surface area contributed by atoms with Gasteiger partial charge in [0.2, 0.25) is 0 Å². The number of hydrogen-bond donors (Lipinski definition) is 0. The highest BCUT2D eigenvalue weighted by Gasteiger charge is 1.92. The fourth-order valence-electron chi connectivity index (χ4n) is 1.10. The summed E-state index contributed by atoms with van der Waals surface area (Å²) in [7, 11) is 1.37. The third-order valence-electron chi connectivity index (χ3n) is 2.00. The Morgan fingerprint density at radius 3 is 2.50 bits per heavy atom. The summed E-state index contributed by atoms with van der Waals surface area (Å²) in [6, 6.07) is 8.07. The predicted octanol–water partition coefficient (Wildman–Crippen LogP) is 2.44. The Bertz CT molecular complexity index is 323. The molecule has 74 valence electrons. The van der Waals surface area contributed by atoms with E-state index in [2.05, 4.69) is 23.8 Å². The van der Waals surface area contributed by atoms with Gasteiger partial charge in [0.1, 0.15) is 0 Å². The molecule has 0 heterocycles. The lowest BCUT2D eigenvalue weighted by Crippen LogP contribution is -1.93. The second kappa shape index (κ2) is 5.22. The van der Waals surface area contributed by atoms with Gasteiger partial charge in [-0.15, -0.1) is 0 Å². The predicted molar refractivity (Wildman–Crippen MR) is 56.9 cm³/mol. The summed E-state index contributed by atoms with van der Waals surface area (Å²) in [5.74, 6) is -0.329. The standard InChI is InChI=1S/C12H14O2/c1-3-10-4-6-11(7-5-10)8-9-12(13)14-2/h4-9H,3H2,1-2H3/b9-8+. The summed E-state index contributed by atoms with van der Waals surface area (Å²) in [6.07, 6.45) is 4.19. The third-order valence-corrected chi connectivity index (χ3v) is 2.00. The highest BCUT2D eigenvalue weighted by Crippen LogP contribution is 2.06. The molecular formula is C12H14O2. The van der Waals surface area contributed by atoms with Crippen LogP contribution >= 0.6 is 0 Å². The van der Waals surface area contributed by atoms with Crippen molar-refractivity contribution in [3.05, 3.63) is 41.5 Å². The van der Waals surface area contributed by atoms with Gasteiger partial charge in [-0.2, -0.15) is 0 Å². The molecule has 0 unspecified atom stereocenters. The van der Waals surface area contributed by atoms with Crippen molar-refractivity contribution >= 4 is 12.0 Å². The zero-order valence-electron chi connectivity index (χ0n) is 8.49. The number of esters is 1. The zero-order valence-corrected chi connectivity index (χ0v) is 8.49. The van der Waals surface area contributed by atoms with E-state index in [1.54, 1.807) is 6.08 Å². The molecular weight excluding hydrogens is 176 g/mol. The minimum absolute atomic E-state index is 0.329. The van der Waals surface area contributed by atoms with E-state index in [4.69, 9.17) is 0 Å². The average molecular weight is 190 g/mol. The van der Waals surface area contributed by atoms with Gasteiger partial charge < -0.3 is 4.74 Å². The maximum absolute atomic E-state index is 10.8. The fraction of sp³-hybridized carbons (Fsp3) is 0.250. The van der Waals surface area contributed by atoms with Crippen LogP contribution in [0, 0.1) is 0 Å². The van der Waals surface area contributed by atoms with Crippen molar-refractivity contribution in [2.45, 2.75) is 13.3 Å². The van der Waals surface area contributed by atoms with Crippen LogP contribution in [0.3, 0.4) is 0 Å². The summed E-state index contributed by atoms with van der Waals surface area (Å²) in [5.41, 5.74) is 2.30. The first-order valence-electron chi connectivity index (χ1n) is 4.61. The molecule has 0 radical (unpaired) electrons. The first-order chi connectivity index (χ1) is 6.76. The number of methoxy groups -OCH3 is 1. The van der Waals surface area contributed by atoms with Crippen LogP contribution in [0.25, 0.3) is 6.08 Å². The Morgan fingerprint density at radius 1 is 1.36 bits per heavy atom. The fourth-order valence-corrected chi connectivity index (χ4v) is 1.10. The van der Waals surface area contributed by atoms with Crippen molar-refractivity contribution in [1.29, 1.82) is 0 Å². The van der Waals surface area contributed by atoms with Crippen LogP contribution in [-0.4, -0.2) is 13.1 Å². The van der Waals surface area contributed by atoms with Gasteiger partial charge in [-0.1, -0.05) is 31.2 Å². The van der Waals surface area contributed by atoms with Crippen LogP contribution in [0.4, 0.5) is 0 Å². The highest BCUT2D eigenvalue weighted by molar-refractivity contribution is 5.86. The maximum Gasteiger partial charge on any atom is 0.330 e. The second-order valence-electron chi connectivity index (χ2n) is 2.95. The molecule has 0 amide bonds. The van der Waals surface area contributed by atoms with E-state index in [9.17, 15) is 4.79 Å². The van der Waals surface area contributed by atoms with Crippen LogP contribution in [-0.2, 0) is 16.0 Å². The van der Waals surface area contributed by atoms with Crippen molar-refractivity contribution in [2.24, 2.45) is 0 Å². The molecule has 2 nitrogen and oxygen atoms in total. The van der Waals surface area contributed by atoms with Crippen molar-refractivity contribution in [3.63, 3.8) is 0 Å². The summed E-state index contributed by atoms with van der Waals surface area (Å²) in [5, 5.41) is 0. The first kappa shape index (κ1) is 10.5. The molecule has 0 aliphatic carbocycles. The molecule has 0 saturated carbocycles. The van der Waals surface area contributed by atoms with E-state index < -0.39 is 0 Å². The summed E-state index contributed by atoms with van der Waals surface area (Å²) >= 11 is 0. The van der Waals surface area contributed by atoms with Gasteiger partial charge in [0.25, 0.3) is 0 Å². The lowest BCUT2D eigenvalue weighted by molar-refractivity contribution is -0.134. The van der Waals surface area contributed by atoms with Gasteiger partial charge in [0, 0.05) is 6.08 Å². The molecule has 0 aliphatic rings. The molecule has 0 atom stereocenters. The molecule has 1 rings (SSSR count). The number of carbonyl (C=O) groups excluding carboxylic acids is 1. The minimum atomic E-state index is -0.329. The van der Waals surface area contributed by atoms with Crippen molar-refractivity contribution in [3.8, 4) is 0 Å². The Labute approximate surface area is 84.2 Å². The van der Waals surface area contributed by atoms with Crippen molar-refractivity contribution in [2.75, 3.05) is 7.11 Å². The average Bonchev–Trinajstić information content (AvgIpc) is 2.26. The minimum Gasteiger partial charge on any atom is -0.466 e. The molecule has 0 saturated heterocycles. The first-order valence-corrected chi connectivity index (χ1v) is 4.61. The molecule has 0 N–H and O–H groups in total. The number of hydrogen-bond acceptors (Lipinski definition) is 2. The Kier molecular flexibility index (Phi) is 3.92. The molecule has 0 fully saturated rings. The van der Waals surface area contributed by atoms with E-state index >= 15 is 0 Å². The van der Waals surface area contributed by atoms with E-state index in [1.165, 1.54) is 18.7 Å². The quantitative estimate of drug-likeness (QED) is 0.540. The van der Waals surface area contributed by atoms with Gasteiger partial charge in [0.15, 0.2) is 0 Å². The number of carbonyl (C=O) groups is 1. The van der Waals surface area contributed by atoms with E-state index in [-0.39, 0.29) is 5.97 Å². The topological polar surface area (TPSA) is 26.3 Å². The molecule has 0 aliphatic heterocycles. The van der Waals surface area contributed by atoms with E-state index in [1.807, 2.05) is 12.1 Å². The molecule has 14 heavy (non-hydrogen) atoms. The van der Waals surface area contributed by atoms with Crippen LogP contribution in [0.15, 0.2) is 30.3 Å². The Morgan fingerprint density at radius 2 is 2.00 bits per heavy atom. The molecule has 2 heteroatoms. The molecule has 0 spiro atoms. The van der Waals surface area contributed by atoms with Crippen molar-refractivity contribution in [1.82, 2.24) is 0 Å². The number of benzene rings is 1. The maximum atomic E-state index is 10.8. The SMILES string of the molecule is CCc1ccc(/C=C/C(=O)OC)cc1. The van der Waals surface area contributed by atoms with Crippen LogP contribution in [0.5, 0.6) is 0 Å². The van der Waals surface area contributed by atoms with Crippen LogP contribution in [0.1, 0.15) is 18.1 Å². The van der Waals surface area contributed by atoms with Crippen LogP contribution < -0.4 is 0 Å². The molecule has 0 bridgehead atoms. The number of ether oxygens (including phenoxy) is 1. The lowest BCUT2D eigenvalue weighted by Gasteiger charge is -1.96. The van der Waals surface area contributed by atoms with Gasteiger partial charge >= 0.3 is 5.97 Å². The Hall–Kier alpha value is -1.57. The van der Waals surface area contributed by atoms with E-state index in [0.29, 0.717) is 0 Å². The smallest absolute Gasteiger partial charge is 0.330 e. The Balaban J connectivity index is 2.68. The highest BCUT2D eigenvalue weighted by atomic mass is 16.5. The third kappa shape index (κ3) is 3.05.